The molecule has 120 valence electrons. The van der Waals surface area contributed by atoms with Crippen LogP contribution in [0.5, 0.6) is 0 Å². The highest BCUT2D eigenvalue weighted by Gasteiger charge is 2.19. The van der Waals surface area contributed by atoms with Gasteiger partial charge >= 0.3 is 0 Å². The highest BCUT2D eigenvalue weighted by Crippen LogP contribution is 2.28. The second-order valence-electron chi connectivity index (χ2n) is 5.79. The van der Waals surface area contributed by atoms with Crippen LogP contribution in [0.25, 0.3) is 39.5 Å². The van der Waals surface area contributed by atoms with Crippen LogP contribution < -0.4 is 0 Å². The zero-order valence-electron chi connectivity index (χ0n) is 13.4. The number of benzene rings is 2. The molecule has 0 N–H and O–H groups in total. The summed E-state index contributed by atoms with van der Waals surface area (Å²) in [7, 11) is 0. The van der Waals surface area contributed by atoms with E-state index in [4.69, 9.17) is 4.52 Å². The Balaban J connectivity index is 1.72. The maximum atomic E-state index is 5.47. The number of rotatable bonds is 2. The highest BCUT2D eigenvalue weighted by molar-refractivity contribution is 5.84. The molecule has 5 rings (SSSR count). The van der Waals surface area contributed by atoms with E-state index in [0.29, 0.717) is 17.4 Å². The molecule has 6 nitrogen and oxygen atoms in total. The fourth-order valence-electron chi connectivity index (χ4n) is 3.05. The Morgan fingerprint density at radius 2 is 1.72 bits per heavy atom. The minimum Gasteiger partial charge on any atom is -0.332 e. The first kappa shape index (κ1) is 13.9. The number of fused-ring (bicyclic) bond motifs is 3. The van der Waals surface area contributed by atoms with E-state index in [9.17, 15) is 0 Å². The van der Waals surface area contributed by atoms with E-state index in [1.807, 2.05) is 65.9 Å². The van der Waals surface area contributed by atoms with Crippen molar-refractivity contribution in [1.29, 1.82) is 0 Å². The summed E-state index contributed by atoms with van der Waals surface area (Å²) in [4.78, 5) is 13.7. The van der Waals surface area contributed by atoms with Crippen LogP contribution in [0.15, 0.2) is 65.4 Å². The summed E-state index contributed by atoms with van der Waals surface area (Å²) in [5.41, 5.74) is 5.20. The molecule has 6 heteroatoms. The normalized spacial score (nSPS) is 11.4. The van der Waals surface area contributed by atoms with Gasteiger partial charge in [-0.25, -0.2) is 9.97 Å². The Labute approximate surface area is 142 Å². The molecule has 0 saturated carbocycles. The minimum atomic E-state index is 0.390. The Morgan fingerprint density at radius 3 is 2.60 bits per heavy atom. The zero-order valence-corrected chi connectivity index (χ0v) is 13.4. The molecule has 0 bridgehead atoms. The van der Waals surface area contributed by atoms with E-state index < -0.39 is 0 Å². The third kappa shape index (κ3) is 2.11. The molecule has 0 saturated heterocycles. The summed E-state index contributed by atoms with van der Waals surface area (Å²) in [5, 5.41) is 4.09. The van der Waals surface area contributed by atoms with Gasteiger partial charge in [0, 0.05) is 5.56 Å². The average molecular weight is 327 g/mol. The van der Waals surface area contributed by atoms with E-state index in [-0.39, 0.29) is 0 Å². The summed E-state index contributed by atoms with van der Waals surface area (Å²) in [6.45, 7) is 1.96. The first-order valence-corrected chi connectivity index (χ1v) is 7.93. The fraction of sp³-hybridized carbons (Fsp3) is 0.0526. The lowest BCUT2D eigenvalue weighted by Gasteiger charge is -2.04. The molecule has 0 fully saturated rings. The van der Waals surface area contributed by atoms with Gasteiger partial charge in [0.15, 0.2) is 5.69 Å². The van der Waals surface area contributed by atoms with Gasteiger partial charge in [-0.3, -0.25) is 4.40 Å². The molecule has 25 heavy (non-hydrogen) atoms. The van der Waals surface area contributed by atoms with Crippen molar-refractivity contribution in [3.05, 3.63) is 66.6 Å². The molecule has 0 unspecified atom stereocenters. The number of aromatic nitrogens is 5. The SMILES string of the molecule is Cc1nc2ccccc2n2cnc(-c3nc(-c4ccccc4)no3)c12. The van der Waals surface area contributed by atoms with Crippen molar-refractivity contribution in [1.82, 2.24) is 24.5 Å². The smallest absolute Gasteiger partial charge is 0.279 e. The van der Waals surface area contributed by atoms with Gasteiger partial charge in [0.25, 0.3) is 5.89 Å². The van der Waals surface area contributed by atoms with Crippen LogP contribution in [-0.4, -0.2) is 24.5 Å². The molecule has 0 spiro atoms. The first-order valence-electron chi connectivity index (χ1n) is 7.93. The van der Waals surface area contributed by atoms with Crippen LogP contribution in [0.1, 0.15) is 5.69 Å². The summed E-state index contributed by atoms with van der Waals surface area (Å²) in [6.07, 6.45) is 1.77. The molecule has 0 aliphatic heterocycles. The van der Waals surface area contributed by atoms with Crippen molar-refractivity contribution in [2.75, 3.05) is 0 Å². The van der Waals surface area contributed by atoms with Crippen molar-refractivity contribution >= 4 is 16.6 Å². The second kappa shape index (κ2) is 5.24. The maximum Gasteiger partial charge on any atom is 0.279 e. The van der Waals surface area contributed by atoms with Crippen molar-refractivity contribution < 1.29 is 4.52 Å². The number of hydrogen-bond acceptors (Lipinski definition) is 5. The van der Waals surface area contributed by atoms with Crippen molar-refractivity contribution in [2.24, 2.45) is 0 Å². The first-order chi connectivity index (χ1) is 12.3. The van der Waals surface area contributed by atoms with E-state index in [1.54, 1.807) is 6.33 Å². The monoisotopic (exact) mass is 327 g/mol. The van der Waals surface area contributed by atoms with Crippen LogP contribution in [-0.2, 0) is 0 Å². The predicted molar refractivity (Wildman–Crippen MR) is 94.0 cm³/mol. The van der Waals surface area contributed by atoms with Gasteiger partial charge in [-0.2, -0.15) is 4.98 Å². The molecule has 2 aromatic carbocycles. The van der Waals surface area contributed by atoms with Gasteiger partial charge in [0.05, 0.1) is 22.2 Å². The van der Waals surface area contributed by atoms with Gasteiger partial charge in [-0.15, -0.1) is 0 Å². The molecular formula is C19H13N5O. The number of imidazole rings is 1. The summed E-state index contributed by atoms with van der Waals surface area (Å²) in [5.74, 6) is 0.935. The van der Waals surface area contributed by atoms with Gasteiger partial charge in [0.2, 0.25) is 5.82 Å². The molecule has 3 heterocycles. The maximum absolute atomic E-state index is 5.47. The molecule has 3 aromatic heterocycles. The molecule has 0 aliphatic rings. The van der Waals surface area contributed by atoms with Crippen LogP contribution >= 0.6 is 0 Å². The lowest BCUT2D eigenvalue weighted by Crippen LogP contribution is -1.94. The second-order valence-corrected chi connectivity index (χ2v) is 5.79. The Bertz CT molecular complexity index is 1210. The molecule has 0 atom stereocenters. The summed E-state index contributed by atoms with van der Waals surface area (Å²) >= 11 is 0. The third-order valence-electron chi connectivity index (χ3n) is 4.20. The molecule has 0 aliphatic carbocycles. The number of aryl methyl sites for hydroxylation is 1. The Morgan fingerprint density at radius 1 is 0.920 bits per heavy atom. The van der Waals surface area contributed by atoms with Crippen LogP contribution in [0, 0.1) is 6.92 Å². The lowest BCUT2D eigenvalue weighted by molar-refractivity contribution is 0.431. The standard InChI is InChI=1S/C19H13N5O/c1-12-17-16(19-22-18(23-25-19)13-7-3-2-4-8-13)20-11-24(17)15-10-6-5-9-14(15)21-12/h2-11H,1H3. The van der Waals surface area contributed by atoms with E-state index in [0.717, 1.165) is 27.8 Å². The minimum absolute atomic E-state index is 0.390. The summed E-state index contributed by atoms with van der Waals surface area (Å²) < 4.78 is 7.49. The van der Waals surface area contributed by atoms with Gasteiger partial charge < -0.3 is 4.52 Å². The van der Waals surface area contributed by atoms with Crippen molar-refractivity contribution in [3.63, 3.8) is 0 Å². The predicted octanol–water partition coefficient (Wildman–Crippen LogP) is 3.91. The van der Waals surface area contributed by atoms with Gasteiger partial charge in [-0.1, -0.05) is 47.6 Å². The lowest BCUT2D eigenvalue weighted by atomic mass is 10.2. The quantitative estimate of drug-likeness (QED) is 0.492. The van der Waals surface area contributed by atoms with Crippen LogP contribution in [0.4, 0.5) is 0 Å². The number of para-hydroxylation sites is 2. The molecular weight excluding hydrogens is 314 g/mol. The molecule has 0 radical (unpaired) electrons. The summed E-state index contributed by atoms with van der Waals surface area (Å²) in [6, 6.07) is 17.7. The fourth-order valence-corrected chi connectivity index (χ4v) is 3.05. The van der Waals surface area contributed by atoms with E-state index >= 15 is 0 Å². The van der Waals surface area contributed by atoms with E-state index in [2.05, 4.69) is 20.1 Å². The largest absolute Gasteiger partial charge is 0.332 e. The highest BCUT2D eigenvalue weighted by atomic mass is 16.5. The molecule has 0 amide bonds. The number of nitrogens with zero attached hydrogens (tertiary/aromatic N) is 5. The van der Waals surface area contributed by atoms with Crippen molar-refractivity contribution in [3.8, 4) is 23.0 Å². The Kier molecular flexibility index (Phi) is 2.90. The third-order valence-corrected chi connectivity index (χ3v) is 4.20. The van der Waals surface area contributed by atoms with Crippen LogP contribution in [0.2, 0.25) is 0 Å². The number of hydrogen-bond donors (Lipinski definition) is 0. The van der Waals surface area contributed by atoms with Gasteiger partial charge in [0.1, 0.15) is 6.33 Å². The van der Waals surface area contributed by atoms with E-state index in [1.165, 1.54) is 0 Å². The Hall–Kier alpha value is -3.54. The van der Waals surface area contributed by atoms with Gasteiger partial charge in [-0.05, 0) is 19.1 Å². The zero-order chi connectivity index (χ0) is 16.8. The molecule has 5 aromatic rings. The topological polar surface area (TPSA) is 69.1 Å². The average Bonchev–Trinajstić information content (AvgIpc) is 3.30. The van der Waals surface area contributed by atoms with Crippen molar-refractivity contribution in [2.45, 2.75) is 6.92 Å². The van der Waals surface area contributed by atoms with Crippen LogP contribution in [0.3, 0.4) is 0 Å².